The third-order valence-electron chi connectivity index (χ3n) is 4.39. The number of aromatic nitrogens is 2. The van der Waals surface area contributed by atoms with E-state index in [1.165, 1.54) is 35.0 Å². The molecule has 0 spiro atoms. The number of benzene rings is 2. The fourth-order valence-electron chi connectivity index (χ4n) is 3.08. The average Bonchev–Trinajstić information content (AvgIpc) is 2.65. The van der Waals surface area contributed by atoms with Crippen LogP contribution in [0.2, 0.25) is 0 Å². The Balaban J connectivity index is 1.84. The molecule has 0 saturated carbocycles. The summed E-state index contributed by atoms with van der Waals surface area (Å²) in [6, 6.07) is 10.8. The van der Waals surface area contributed by atoms with E-state index in [-0.39, 0.29) is 23.1 Å². The van der Waals surface area contributed by atoms with Gasteiger partial charge in [-0.3, -0.25) is 4.79 Å². The number of rotatable bonds is 3. The van der Waals surface area contributed by atoms with Gasteiger partial charge in [-0.1, -0.05) is 12.1 Å². The zero-order valence-electron chi connectivity index (χ0n) is 14.3. The second-order valence-corrected chi connectivity index (χ2v) is 6.22. The maximum atomic E-state index is 14.2. The molecule has 140 valence electrons. The van der Waals surface area contributed by atoms with E-state index in [0.29, 0.717) is 5.69 Å². The van der Waals surface area contributed by atoms with Gasteiger partial charge in [0.1, 0.15) is 23.3 Å². The maximum absolute atomic E-state index is 14.2. The third kappa shape index (κ3) is 3.15. The summed E-state index contributed by atoms with van der Waals surface area (Å²) in [5.74, 6) is -3.09. The summed E-state index contributed by atoms with van der Waals surface area (Å²) in [6.07, 6.45) is 1.45. The van der Waals surface area contributed by atoms with E-state index in [1.54, 1.807) is 0 Å². The van der Waals surface area contributed by atoms with Crippen LogP contribution in [0.25, 0.3) is 16.6 Å². The lowest BCUT2D eigenvalue weighted by atomic mass is 10.0. The molecule has 4 rings (SSSR count). The van der Waals surface area contributed by atoms with Gasteiger partial charge in [-0.2, -0.15) is 5.10 Å². The van der Waals surface area contributed by atoms with Crippen LogP contribution in [0.5, 0.6) is 0 Å². The number of fused-ring (bicyclic) bond motifs is 1. The largest absolute Gasteiger partial charge is 0.289 e. The smallest absolute Gasteiger partial charge is 0.190 e. The topological polar surface area (TPSA) is 34.4 Å². The first-order valence-electron chi connectivity index (χ1n) is 8.34. The van der Waals surface area contributed by atoms with Crippen LogP contribution >= 0.6 is 0 Å². The lowest BCUT2D eigenvalue weighted by molar-refractivity contribution is 0.573. The van der Waals surface area contributed by atoms with Gasteiger partial charge in [-0.05, 0) is 35.9 Å². The number of pyridine rings is 1. The Hall–Kier alpha value is -3.48. The highest BCUT2D eigenvalue weighted by atomic mass is 19.1. The van der Waals surface area contributed by atoms with E-state index >= 15 is 0 Å². The van der Waals surface area contributed by atoms with E-state index in [1.807, 2.05) is 0 Å². The first-order valence-corrected chi connectivity index (χ1v) is 8.34. The molecule has 0 unspecified atom stereocenters. The van der Waals surface area contributed by atoms with Gasteiger partial charge >= 0.3 is 0 Å². The van der Waals surface area contributed by atoms with Gasteiger partial charge in [0.05, 0.1) is 22.3 Å². The minimum absolute atomic E-state index is 0.0809. The molecule has 0 radical (unpaired) electrons. The molecule has 0 amide bonds. The van der Waals surface area contributed by atoms with Crippen LogP contribution in [0, 0.1) is 23.3 Å². The number of hydrogen-bond acceptors (Lipinski definition) is 2. The Bertz CT molecular complexity index is 1250. The van der Waals surface area contributed by atoms with Gasteiger partial charge in [0, 0.05) is 24.8 Å². The quantitative estimate of drug-likeness (QED) is 0.487. The van der Waals surface area contributed by atoms with E-state index in [9.17, 15) is 22.4 Å². The predicted molar refractivity (Wildman–Crippen MR) is 96.0 cm³/mol. The second-order valence-electron chi connectivity index (χ2n) is 6.22. The Morgan fingerprint density at radius 1 is 0.821 bits per heavy atom. The molecule has 2 heterocycles. The third-order valence-corrected chi connectivity index (χ3v) is 4.39. The SMILES string of the molecule is O=c1ccn2nc(Cc3ccc(F)cc3F)ccc2c1-c1c(F)cccc1F. The Morgan fingerprint density at radius 2 is 1.57 bits per heavy atom. The van der Waals surface area contributed by atoms with E-state index in [0.717, 1.165) is 30.3 Å². The summed E-state index contributed by atoms with van der Waals surface area (Å²) in [7, 11) is 0. The average molecular weight is 384 g/mol. The van der Waals surface area contributed by atoms with Crippen molar-refractivity contribution < 1.29 is 17.6 Å². The van der Waals surface area contributed by atoms with Crippen molar-refractivity contribution in [1.82, 2.24) is 9.61 Å². The van der Waals surface area contributed by atoms with Crippen LogP contribution in [-0.4, -0.2) is 9.61 Å². The van der Waals surface area contributed by atoms with Crippen molar-refractivity contribution in [2.75, 3.05) is 0 Å². The molecule has 7 heteroatoms. The zero-order valence-corrected chi connectivity index (χ0v) is 14.3. The highest BCUT2D eigenvalue weighted by Gasteiger charge is 2.18. The van der Waals surface area contributed by atoms with Crippen molar-refractivity contribution in [1.29, 1.82) is 0 Å². The molecule has 28 heavy (non-hydrogen) atoms. The molecule has 0 aliphatic rings. The van der Waals surface area contributed by atoms with Crippen molar-refractivity contribution >= 4 is 5.52 Å². The van der Waals surface area contributed by atoms with Gasteiger partial charge < -0.3 is 0 Å². The van der Waals surface area contributed by atoms with Crippen molar-refractivity contribution in [3.8, 4) is 11.1 Å². The number of halogens is 4. The highest BCUT2D eigenvalue weighted by molar-refractivity contribution is 5.80. The summed E-state index contributed by atoms with van der Waals surface area (Å²) in [6.45, 7) is 0. The molecule has 2 aromatic carbocycles. The summed E-state index contributed by atoms with van der Waals surface area (Å²) in [4.78, 5) is 12.3. The molecule has 0 atom stereocenters. The number of nitrogens with zero attached hydrogens (tertiary/aromatic N) is 2. The fourth-order valence-corrected chi connectivity index (χ4v) is 3.08. The Kier molecular flexibility index (Phi) is 4.43. The van der Waals surface area contributed by atoms with E-state index in [2.05, 4.69) is 5.10 Å². The van der Waals surface area contributed by atoms with Gasteiger partial charge in [0.25, 0.3) is 0 Å². The van der Waals surface area contributed by atoms with Crippen molar-refractivity contribution in [3.63, 3.8) is 0 Å². The first-order chi connectivity index (χ1) is 13.4. The van der Waals surface area contributed by atoms with E-state index < -0.39 is 34.3 Å². The summed E-state index contributed by atoms with van der Waals surface area (Å²) in [5, 5.41) is 4.29. The number of hydrogen-bond donors (Lipinski definition) is 0. The summed E-state index contributed by atoms with van der Waals surface area (Å²) < 4.78 is 56.6. The lowest BCUT2D eigenvalue weighted by Gasteiger charge is -2.10. The molecular weight excluding hydrogens is 372 g/mol. The molecule has 0 aliphatic carbocycles. The van der Waals surface area contributed by atoms with Gasteiger partial charge in [-0.25, -0.2) is 22.1 Å². The molecule has 0 bridgehead atoms. The minimum atomic E-state index is -0.859. The molecule has 0 N–H and O–H groups in total. The van der Waals surface area contributed by atoms with Crippen LogP contribution in [0.3, 0.4) is 0 Å². The van der Waals surface area contributed by atoms with Crippen LogP contribution in [0.4, 0.5) is 17.6 Å². The van der Waals surface area contributed by atoms with Gasteiger partial charge in [0.2, 0.25) is 0 Å². The highest BCUT2D eigenvalue weighted by Crippen LogP contribution is 2.27. The Labute approximate surface area is 156 Å². The molecule has 4 aromatic rings. The maximum Gasteiger partial charge on any atom is 0.190 e. The van der Waals surface area contributed by atoms with Crippen molar-refractivity contribution in [2.24, 2.45) is 0 Å². The molecule has 0 saturated heterocycles. The standard InChI is InChI=1S/C21H12F4N2O/c22-13-5-4-12(17(25)11-13)10-14-6-7-18-21(19(28)8-9-27(18)26-14)20-15(23)2-1-3-16(20)24/h1-9,11H,10H2. The zero-order chi connectivity index (χ0) is 19.8. The molecule has 2 aromatic heterocycles. The van der Waals surface area contributed by atoms with Gasteiger partial charge in [0.15, 0.2) is 5.43 Å². The predicted octanol–water partition coefficient (Wildman–Crippen LogP) is 4.51. The normalized spacial score (nSPS) is 11.1. The van der Waals surface area contributed by atoms with Crippen molar-refractivity contribution in [3.05, 3.63) is 106 Å². The fraction of sp³-hybridized carbons (Fsp3) is 0.0476. The molecule has 0 fully saturated rings. The minimum Gasteiger partial charge on any atom is -0.289 e. The molecule has 3 nitrogen and oxygen atoms in total. The second kappa shape index (κ2) is 6.92. The Morgan fingerprint density at radius 3 is 2.29 bits per heavy atom. The van der Waals surface area contributed by atoms with Crippen LogP contribution in [0.1, 0.15) is 11.3 Å². The van der Waals surface area contributed by atoms with Crippen molar-refractivity contribution in [2.45, 2.75) is 6.42 Å². The van der Waals surface area contributed by atoms with Crippen LogP contribution in [-0.2, 0) is 6.42 Å². The first kappa shape index (κ1) is 17.9. The van der Waals surface area contributed by atoms with Crippen LogP contribution < -0.4 is 5.43 Å². The molecule has 0 aliphatic heterocycles. The van der Waals surface area contributed by atoms with E-state index in [4.69, 9.17) is 0 Å². The monoisotopic (exact) mass is 384 g/mol. The summed E-state index contributed by atoms with van der Waals surface area (Å²) >= 11 is 0. The molecular formula is C21H12F4N2O. The van der Waals surface area contributed by atoms with Gasteiger partial charge in [-0.15, -0.1) is 0 Å². The summed E-state index contributed by atoms with van der Waals surface area (Å²) in [5.41, 5.74) is -0.242. The van der Waals surface area contributed by atoms with Crippen LogP contribution in [0.15, 0.2) is 65.6 Å². The lowest BCUT2D eigenvalue weighted by Crippen LogP contribution is -2.11.